The number of hydrogen-bond donors (Lipinski definition) is 1. The zero-order valence-electron chi connectivity index (χ0n) is 8.50. The van der Waals surface area contributed by atoms with E-state index in [9.17, 15) is 4.79 Å². The van der Waals surface area contributed by atoms with Gasteiger partial charge in [0, 0.05) is 25.0 Å². The van der Waals surface area contributed by atoms with E-state index in [0.717, 1.165) is 11.3 Å². The summed E-state index contributed by atoms with van der Waals surface area (Å²) in [6.07, 6.45) is 5.74. The Kier molecular flexibility index (Phi) is 3.31. The Morgan fingerprint density at radius 1 is 1.19 bits per heavy atom. The van der Waals surface area contributed by atoms with Crippen molar-refractivity contribution in [3.63, 3.8) is 0 Å². The molecular formula is C12H10N2OS. The summed E-state index contributed by atoms with van der Waals surface area (Å²) in [6, 6.07) is 7.28. The highest BCUT2D eigenvalue weighted by Crippen LogP contribution is 2.13. The summed E-state index contributed by atoms with van der Waals surface area (Å²) in [7, 11) is 0. The number of pyridine rings is 2. The maximum absolute atomic E-state index is 11.3. The van der Waals surface area contributed by atoms with Crippen molar-refractivity contribution < 1.29 is 4.79 Å². The van der Waals surface area contributed by atoms with Crippen molar-refractivity contribution in [1.29, 1.82) is 0 Å². The fraction of sp³-hybridized carbons (Fsp3) is 0.0833. The molecule has 0 N–H and O–H groups in total. The van der Waals surface area contributed by atoms with Gasteiger partial charge in [-0.2, -0.15) is 0 Å². The number of rotatable bonds is 3. The van der Waals surface area contributed by atoms with E-state index in [-0.39, 0.29) is 5.12 Å². The van der Waals surface area contributed by atoms with Crippen LogP contribution in [0.3, 0.4) is 0 Å². The largest absolute Gasteiger partial charge is 0.282 e. The maximum Gasteiger partial charge on any atom is 0.218 e. The summed E-state index contributed by atoms with van der Waals surface area (Å²) in [5, 5.41) is -0.253. The van der Waals surface area contributed by atoms with Gasteiger partial charge in [0.25, 0.3) is 0 Å². The second-order valence-corrected chi connectivity index (χ2v) is 3.74. The minimum atomic E-state index is -0.253. The minimum Gasteiger partial charge on any atom is -0.282 e. The third-order valence-corrected chi connectivity index (χ3v) is 2.48. The van der Waals surface area contributed by atoms with E-state index in [1.165, 1.54) is 0 Å². The first-order valence-electron chi connectivity index (χ1n) is 4.83. The molecule has 4 heteroatoms. The topological polar surface area (TPSA) is 42.9 Å². The van der Waals surface area contributed by atoms with E-state index in [0.29, 0.717) is 12.0 Å². The molecule has 2 rings (SSSR count). The van der Waals surface area contributed by atoms with E-state index in [1.807, 2.05) is 12.1 Å². The first-order chi connectivity index (χ1) is 7.77. The number of carbonyl (C=O) groups excluding carboxylic acids is 1. The molecule has 0 saturated carbocycles. The SMILES string of the molecule is O=C(S)c1cccnc1Cc1ccncc1. The zero-order chi connectivity index (χ0) is 11.4. The van der Waals surface area contributed by atoms with Crippen LogP contribution in [0.1, 0.15) is 21.6 Å². The van der Waals surface area contributed by atoms with E-state index in [1.54, 1.807) is 30.7 Å². The first-order valence-corrected chi connectivity index (χ1v) is 5.28. The lowest BCUT2D eigenvalue weighted by atomic mass is 10.1. The van der Waals surface area contributed by atoms with E-state index in [2.05, 4.69) is 22.6 Å². The Balaban J connectivity index is 2.31. The molecule has 0 unspecified atom stereocenters. The Morgan fingerprint density at radius 3 is 2.62 bits per heavy atom. The lowest BCUT2D eigenvalue weighted by molar-refractivity contribution is 0.109. The molecule has 0 aliphatic rings. The summed E-state index contributed by atoms with van der Waals surface area (Å²) in [6.45, 7) is 0. The average molecular weight is 230 g/mol. The molecule has 0 amide bonds. The Bertz CT molecular complexity index is 499. The predicted octanol–water partition coefficient (Wildman–Crippen LogP) is 2.14. The van der Waals surface area contributed by atoms with Gasteiger partial charge in [-0.05, 0) is 29.8 Å². The molecule has 2 aromatic heterocycles. The highest BCUT2D eigenvalue weighted by Gasteiger charge is 2.08. The van der Waals surface area contributed by atoms with Crippen LogP contribution >= 0.6 is 12.6 Å². The van der Waals surface area contributed by atoms with Crippen LogP contribution in [-0.4, -0.2) is 15.1 Å². The number of hydrogen-bond acceptors (Lipinski definition) is 3. The monoisotopic (exact) mass is 230 g/mol. The van der Waals surface area contributed by atoms with Gasteiger partial charge in [0.15, 0.2) is 0 Å². The summed E-state index contributed by atoms with van der Waals surface area (Å²) in [5.41, 5.74) is 2.38. The molecule has 2 heterocycles. The van der Waals surface area contributed by atoms with Crippen LogP contribution in [0.5, 0.6) is 0 Å². The Labute approximate surface area is 99.0 Å². The molecule has 0 aromatic carbocycles. The predicted molar refractivity (Wildman–Crippen MR) is 64.6 cm³/mol. The van der Waals surface area contributed by atoms with Gasteiger partial charge >= 0.3 is 0 Å². The molecule has 3 nitrogen and oxygen atoms in total. The van der Waals surface area contributed by atoms with Gasteiger partial charge in [0.05, 0.1) is 11.3 Å². The van der Waals surface area contributed by atoms with Crippen molar-refractivity contribution in [3.05, 3.63) is 59.7 Å². The second-order valence-electron chi connectivity index (χ2n) is 3.34. The van der Waals surface area contributed by atoms with Gasteiger partial charge in [-0.15, -0.1) is 12.6 Å². The fourth-order valence-electron chi connectivity index (χ4n) is 1.47. The molecule has 80 valence electrons. The van der Waals surface area contributed by atoms with Crippen LogP contribution in [0.15, 0.2) is 42.9 Å². The Hall–Kier alpha value is -1.68. The van der Waals surface area contributed by atoms with Crippen LogP contribution in [0.4, 0.5) is 0 Å². The Morgan fingerprint density at radius 2 is 1.94 bits per heavy atom. The molecule has 0 spiro atoms. The quantitative estimate of drug-likeness (QED) is 0.821. The molecule has 0 fully saturated rings. The van der Waals surface area contributed by atoms with Crippen molar-refractivity contribution in [1.82, 2.24) is 9.97 Å². The normalized spacial score (nSPS) is 10.1. The van der Waals surface area contributed by atoms with Crippen molar-refractivity contribution in [2.45, 2.75) is 6.42 Å². The molecule has 0 aliphatic heterocycles. The zero-order valence-corrected chi connectivity index (χ0v) is 9.39. The van der Waals surface area contributed by atoms with Crippen LogP contribution in [-0.2, 0) is 6.42 Å². The summed E-state index contributed by atoms with van der Waals surface area (Å²) in [5.74, 6) is 0. The van der Waals surface area contributed by atoms with Crippen LogP contribution in [0, 0.1) is 0 Å². The van der Waals surface area contributed by atoms with Gasteiger partial charge in [0.2, 0.25) is 5.12 Å². The molecule has 0 atom stereocenters. The van der Waals surface area contributed by atoms with Crippen molar-refractivity contribution >= 4 is 17.7 Å². The molecule has 0 bridgehead atoms. The highest BCUT2D eigenvalue weighted by molar-refractivity contribution is 7.97. The van der Waals surface area contributed by atoms with E-state index < -0.39 is 0 Å². The third-order valence-electron chi connectivity index (χ3n) is 2.24. The van der Waals surface area contributed by atoms with Crippen LogP contribution in [0.2, 0.25) is 0 Å². The first kappa shape index (κ1) is 10.8. The van der Waals surface area contributed by atoms with Gasteiger partial charge in [-0.3, -0.25) is 14.8 Å². The number of aromatic nitrogens is 2. The minimum absolute atomic E-state index is 0.253. The lowest BCUT2D eigenvalue weighted by Crippen LogP contribution is -2.01. The van der Waals surface area contributed by atoms with Gasteiger partial charge in [-0.1, -0.05) is 0 Å². The van der Waals surface area contributed by atoms with Crippen LogP contribution in [0.25, 0.3) is 0 Å². The molecular weight excluding hydrogens is 220 g/mol. The molecule has 0 saturated heterocycles. The standard InChI is InChI=1S/C12H10N2OS/c15-12(16)10-2-1-5-14-11(10)8-9-3-6-13-7-4-9/h1-7H,8H2,(H,15,16). The van der Waals surface area contributed by atoms with E-state index in [4.69, 9.17) is 0 Å². The van der Waals surface area contributed by atoms with Gasteiger partial charge in [0.1, 0.15) is 0 Å². The lowest BCUT2D eigenvalue weighted by Gasteiger charge is -2.04. The summed E-state index contributed by atoms with van der Waals surface area (Å²) < 4.78 is 0. The number of thiol groups is 1. The molecule has 0 aliphatic carbocycles. The van der Waals surface area contributed by atoms with Crippen molar-refractivity contribution in [3.8, 4) is 0 Å². The van der Waals surface area contributed by atoms with Crippen LogP contribution < -0.4 is 0 Å². The number of carbonyl (C=O) groups is 1. The van der Waals surface area contributed by atoms with Gasteiger partial charge < -0.3 is 0 Å². The van der Waals surface area contributed by atoms with E-state index >= 15 is 0 Å². The maximum atomic E-state index is 11.3. The molecule has 16 heavy (non-hydrogen) atoms. The van der Waals surface area contributed by atoms with Crippen molar-refractivity contribution in [2.24, 2.45) is 0 Å². The summed E-state index contributed by atoms with van der Waals surface area (Å²) >= 11 is 3.83. The van der Waals surface area contributed by atoms with Gasteiger partial charge in [-0.25, -0.2) is 0 Å². The third kappa shape index (κ3) is 2.46. The smallest absolute Gasteiger partial charge is 0.218 e. The average Bonchev–Trinajstić information content (AvgIpc) is 2.31. The highest BCUT2D eigenvalue weighted by atomic mass is 32.1. The van der Waals surface area contributed by atoms with Crippen molar-refractivity contribution in [2.75, 3.05) is 0 Å². The molecule has 2 aromatic rings. The fourth-order valence-corrected chi connectivity index (χ4v) is 1.67. The summed E-state index contributed by atoms with van der Waals surface area (Å²) in [4.78, 5) is 19.4. The second kappa shape index (κ2) is 4.90. The number of nitrogens with zero attached hydrogens (tertiary/aromatic N) is 2. The molecule has 0 radical (unpaired) electrons.